The minimum Gasteiger partial charge on any atom is -0.435 e. The third kappa shape index (κ3) is 9.73. The van der Waals surface area contributed by atoms with Gasteiger partial charge in [-0.2, -0.15) is 8.78 Å². The lowest BCUT2D eigenvalue weighted by molar-refractivity contribution is -0.119. The highest BCUT2D eigenvalue weighted by Gasteiger charge is 2.09. The van der Waals surface area contributed by atoms with Crippen LogP contribution in [0.4, 0.5) is 8.78 Å². The van der Waals surface area contributed by atoms with Crippen molar-refractivity contribution in [2.24, 2.45) is 4.99 Å². The Morgan fingerprint density at radius 2 is 1.88 bits per heavy atom. The van der Waals surface area contributed by atoms with Crippen LogP contribution in [0.25, 0.3) is 0 Å². The number of benzene rings is 1. The number of hydrogen-bond donors (Lipinski definition) is 2. The lowest BCUT2D eigenvalue weighted by atomic mass is 10.2. The average Bonchev–Trinajstić information content (AvgIpc) is 2.57. The Labute approximate surface area is 170 Å². The first kappa shape index (κ1) is 24.4. The van der Waals surface area contributed by atoms with Crippen molar-refractivity contribution in [3.63, 3.8) is 0 Å². The fourth-order valence-electron chi connectivity index (χ4n) is 2.06. The third-order valence-electron chi connectivity index (χ3n) is 3.21. The molecule has 1 amide bonds. The zero-order valence-corrected chi connectivity index (χ0v) is 17.6. The van der Waals surface area contributed by atoms with Crippen LogP contribution in [0.5, 0.6) is 5.75 Å². The molecule has 0 bridgehead atoms. The molecule has 1 rings (SSSR count). The van der Waals surface area contributed by atoms with Crippen LogP contribution in [-0.4, -0.2) is 50.1 Å². The van der Waals surface area contributed by atoms with Crippen molar-refractivity contribution in [3.05, 3.63) is 29.8 Å². The van der Waals surface area contributed by atoms with Gasteiger partial charge in [0.2, 0.25) is 5.91 Å². The molecule has 1 aromatic rings. The summed E-state index contributed by atoms with van der Waals surface area (Å²) in [5.74, 6) is 0.593. The standard InChI is InChI=1S/C17H26F2N4O2.HI/c1-4-10-21-15(24)11-22-17(20-5-2)23(3)12-13-6-8-14(9-7-13)25-16(18)19;/h6-9,16H,4-5,10-12H2,1-3H3,(H,20,22)(H,21,24);1H. The van der Waals surface area contributed by atoms with Gasteiger partial charge in [0.15, 0.2) is 5.96 Å². The van der Waals surface area contributed by atoms with Gasteiger partial charge in [-0.3, -0.25) is 4.79 Å². The lowest BCUT2D eigenvalue weighted by Crippen LogP contribution is -2.39. The van der Waals surface area contributed by atoms with Crippen LogP contribution in [-0.2, 0) is 11.3 Å². The second-order valence-electron chi connectivity index (χ2n) is 5.40. The normalized spacial score (nSPS) is 10.9. The van der Waals surface area contributed by atoms with Crippen molar-refractivity contribution in [2.45, 2.75) is 33.4 Å². The predicted octanol–water partition coefficient (Wildman–Crippen LogP) is 2.83. The highest BCUT2D eigenvalue weighted by Crippen LogP contribution is 2.15. The molecule has 2 N–H and O–H groups in total. The van der Waals surface area contributed by atoms with Gasteiger partial charge in [0.1, 0.15) is 12.3 Å². The molecule has 0 radical (unpaired) electrons. The van der Waals surface area contributed by atoms with E-state index in [0.29, 0.717) is 25.6 Å². The van der Waals surface area contributed by atoms with Gasteiger partial charge >= 0.3 is 6.61 Å². The molecule has 6 nitrogen and oxygen atoms in total. The Balaban J connectivity index is 0.00000625. The zero-order valence-electron chi connectivity index (χ0n) is 15.3. The largest absolute Gasteiger partial charge is 0.435 e. The van der Waals surface area contributed by atoms with Crippen molar-refractivity contribution in [1.29, 1.82) is 0 Å². The van der Waals surface area contributed by atoms with Gasteiger partial charge in [0, 0.05) is 26.7 Å². The molecular weight excluding hydrogens is 457 g/mol. The number of hydrogen-bond acceptors (Lipinski definition) is 3. The van der Waals surface area contributed by atoms with E-state index in [1.54, 1.807) is 12.1 Å². The van der Waals surface area contributed by atoms with E-state index in [0.717, 1.165) is 12.0 Å². The Bertz CT molecular complexity index is 556. The molecule has 9 heteroatoms. The molecule has 0 aromatic heterocycles. The molecule has 0 spiro atoms. The number of carbonyl (C=O) groups is 1. The number of halogens is 3. The lowest BCUT2D eigenvalue weighted by Gasteiger charge is -2.22. The first-order valence-corrected chi connectivity index (χ1v) is 8.26. The molecule has 0 aliphatic heterocycles. The van der Waals surface area contributed by atoms with Crippen LogP contribution in [0, 0.1) is 0 Å². The number of nitrogens with one attached hydrogen (secondary N) is 2. The minimum absolute atomic E-state index is 0. The number of rotatable bonds is 9. The van der Waals surface area contributed by atoms with Crippen LogP contribution in [0.1, 0.15) is 25.8 Å². The van der Waals surface area contributed by atoms with E-state index in [9.17, 15) is 13.6 Å². The molecular formula is C17H27F2IN4O2. The summed E-state index contributed by atoms with van der Waals surface area (Å²) in [4.78, 5) is 17.9. The molecule has 0 atom stereocenters. The maximum atomic E-state index is 12.2. The van der Waals surface area contributed by atoms with E-state index in [1.165, 1.54) is 12.1 Å². The van der Waals surface area contributed by atoms with Crippen molar-refractivity contribution in [3.8, 4) is 5.75 Å². The number of carbonyl (C=O) groups excluding carboxylic acids is 1. The molecule has 0 saturated heterocycles. The van der Waals surface area contributed by atoms with E-state index >= 15 is 0 Å². The molecule has 0 aliphatic carbocycles. The van der Waals surface area contributed by atoms with Crippen LogP contribution in [0.15, 0.2) is 29.3 Å². The zero-order chi connectivity index (χ0) is 18.7. The number of aliphatic imine (C=N–C) groups is 1. The summed E-state index contributed by atoms with van der Waals surface area (Å²) in [6.45, 7) is 2.95. The second-order valence-corrected chi connectivity index (χ2v) is 5.40. The second kappa shape index (κ2) is 13.5. The monoisotopic (exact) mass is 484 g/mol. The van der Waals surface area contributed by atoms with Crippen LogP contribution in [0.3, 0.4) is 0 Å². The smallest absolute Gasteiger partial charge is 0.387 e. The Kier molecular flexibility index (Phi) is 12.7. The highest BCUT2D eigenvalue weighted by atomic mass is 127. The summed E-state index contributed by atoms with van der Waals surface area (Å²) in [5.41, 5.74) is 0.908. The summed E-state index contributed by atoms with van der Waals surface area (Å²) in [5, 5.41) is 5.90. The summed E-state index contributed by atoms with van der Waals surface area (Å²) in [6.07, 6.45) is 0.876. The molecule has 26 heavy (non-hydrogen) atoms. The van der Waals surface area contributed by atoms with E-state index in [2.05, 4.69) is 20.4 Å². The van der Waals surface area contributed by atoms with Crippen molar-refractivity contribution >= 4 is 35.8 Å². The molecule has 148 valence electrons. The van der Waals surface area contributed by atoms with Gasteiger partial charge in [0.05, 0.1) is 0 Å². The topological polar surface area (TPSA) is 66.0 Å². The minimum atomic E-state index is -2.83. The maximum absolute atomic E-state index is 12.2. The Hall–Kier alpha value is -1.65. The summed E-state index contributed by atoms with van der Waals surface area (Å²) in [6, 6.07) is 6.42. The quantitative estimate of drug-likeness (QED) is 0.322. The SMILES string of the molecule is CCCNC(=O)CN=C(NCC)N(C)Cc1ccc(OC(F)F)cc1.I. The van der Waals surface area contributed by atoms with Crippen molar-refractivity contribution in [2.75, 3.05) is 26.7 Å². The molecule has 0 fully saturated rings. The van der Waals surface area contributed by atoms with Crippen molar-refractivity contribution < 1.29 is 18.3 Å². The molecule has 0 saturated carbocycles. The first-order valence-electron chi connectivity index (χ1n) is 8.26. The van der Waals surface area contributed by atoms with Gasteiger partial charge < -0.3 is 20.3 Å². The number of guanidine groups is 1. The van der Waals surface area contributed by atoms with E-state index in [-0.39, 0.29) is 42.2 Å². The predicted molar refractivity (Wildman–Crippen MR) is 109 cm³/mol. The molecule has 0 aliphatic rings. The number of ether oxygens (including phenoxy) is 1. The van der Waals surface area contributed by atoms with Crippen LogP contribution < -0.4 is 15.4 Å². The summed E-state index contributed by atoms with van der Waals surface area (Å²) >= 11 is 0. The first-order chi connectivity index (χ1) is 12.0. The van der Waals surface area contributed by atoms with E-state index in [4.69, 9.17) is 0 Å². The van der Waals surface area contributed by atoms with Gasteiger partial charge in [0.25, 0.3) is 0 Å². The number of nitrogens with zero attached hydrogens (tertiary/aromatic N) is 2. The Morgan fingerprint density at radius 1 is 1.23 bits per heavy atom. The molecule has 1 aromatic carbocycles. The highest BCUT2D eigenvalue weighted by molar-refractivity contribution is 14.0. The third-order valence-corrected chi connectivity index (χ3v) is 3.21. The van der Waals surface area contributed by atoms with Crippen LogP contribution in [0.2, 0.25) is 0 Å². The molecule has 0 unspecified atom stereocenters. The van der Waals surface area contributed by atoms with Gasteiger partial charge in [-0.05, 0) is 31.0 Å². The number of alkyl halides is 2. The fourth-order valence-corrected chi connectivity index (χ4v) is 2.06. The summed E-state index contributed by atoms with van der Waals surface area (Å²) < 4.78 is 28.7. The Morgan fingerprint density at radius 3 is 2.42 bits per heavy atom. The van der Waals surface area contributed by atoms with Gasteiger partial charge in [-0.1, -0.05) is 19.1 Å². The van der Waals surface area contributed by atoms with Gasteiger partial charge in [-0.15, -0.1) is 24.0 Å². The van der Waals surface area contributed by atoms with Crippen molar-refractivity contribution in [1.82, 2.24) is 15.5 Å². The number of amides is 1. The van der Waals surface area contributed by atoms with Gasteiger partial charge in [-0.25, -0.2) is 4.99 Å². The fraction of sp³-hybridized carbons (Fsp3) is 0.529. The average molecular weight is 484 g/mol. The van der Waals surface area contributed by atoms with E-state index in [1.807, 2.05) is 25.8 Å². The maximum Gasteiger partial charge on any atom is 0.387 e. The van der Waals surface area contributed by atoms with Crippen LogP contribution >= 0.6 is 24.0 Å². The summed E-state index contributed by atoms with van der Waals surface area (Å²) in [7, 11) is 1.84. The van der Waals surface area contributed by atoms with E-state index < -0.39 is 6.61 Å². The molecule has 0 heterocycles.